The summed E-state index contributed by atoms with van der Waals surface area (Å²) in [7, 11) is 0. The standard InChI is InChI=1S/C10H15I/c1-9(5-11)6-3-7-8(4-6)10(7,9)2/h6-8H,3-5H2,1-2H3. The molecule has 0 heterocycles. The molecule has 0 aromatic rings. The van der Waals surface area contributed by atoms with Crippen molar-refractivity contribution in [2.75, 3.05) is 4.43 Å². The average Bonchev–Trinajstić information content (AvgIpc) is 2.42. The minimum absolute atomic E-state index is 0.725. The maximum atomic E-state index is 2.60. The Hall–Kier alpha value is 0.730. The summed E-state index contributed by atoms with van der Waals surface area (Å²) in [4.78, 5) is 0. The molecule has 11 heavy (non-hydrogen) atoms. The molecule has 62 valence electrons. The number of hydrogen-bond donors (Lipinski definition) is 0. The van der Waals surface area contributed by atoms with Gasteiger partial charge < -0.3 is 0 Å². The quantitative estimate of drug-likeness (QED) is 0.503. The Balaban J connectivity index is 2.10. The normalized spacial score (nSPS) is 70.6. The number of alkyl halides is 1. The summed E-state index contributed by atoms with van der Waals surface area (Å²) >= 11 is 2.60. The fourth-order valence-electron chi connectivity index (χ4n) is 4.29. The van der Waals surface area contributed by atoms with E-state index in [4.69, 9.17) is 0 Å². The highest BCUT2D eigenvalue weighted by molar-refractivity contribution is 14.1. The lowest BCUT2D eigenvalue weighted by Crippen LogP contribution is -2.28. The molecule has 4 saturated carbocycles. The topological polar surface area (TPSA) is 0 Å². The van der Waals surface area contributed by atoms with Crippen molar-refractivity contribution in [2.45, 2.75) is 26.7 Å². The van der Waals surface area contributed by atoms with Gasteiger partial charge >= 0.3 is 0 Å². The van der Waals surface area contributed by atoms with Crippen molar-refractivity contribution in [3.63, 3.8) is 0 Å². The third-order valence-corrected chi connectivity index (χ3v) is 6.99. The monoisotopic (exact) mass is 262 g/mol. The van der Waals surface area contributed by atoms with Crippen LogP contribution in [0.3, 0.4) is 0 Å². The van der Waals surface area contributed by atoms with Crippen molar-refractivity contribution in [1.82, 2.24) is 0 Å². The van der Waals surface area contributed by atoms with Gasteiger partial charge in [-0.25, -0.2) is 0 Å². The minimum Gasteiger partial charge on any atom is -0.0857 e. The molecule has 0 saturated heterocycles. The number of halogens is 1. The molecule has 0 radical (unpaired) electrons. The zero-order chi connectivity index (χ0) is 7.85. The maximum Gasteiger partial charge on any atom is 0.00574 e. The molecule has 1 heteroatoms. The van der Waals surface area contributed by atoms with Gasteiger partial charge in [0.1, 0.15) is 0 Å². The van der Waals surface area contributed by atoms with E-state index in [9.17, 15) is 0 Å². The van der Waals surface area contributed by atoms with Gasteiger partial charge in [0.05, 0.1) is 0 Å². The summed E-state index contributed by atoms with van der Waals surface area (Å²) in [6, 6.07) is 0. The molecule has 3 unspecified atom stereocenters. The second-order valence-corrected chi connectivity index (χ2v) is 5.98. The summed E-state index contributed by atoms with van der Waals surface area (Å²) < 4.78 is 1.39. The predicted octanol–water partition coefficient (Wildman–Crippen LogP) is 3.10. The first-order valence-corrected chi connectivity index (χ1v) is 6.23. The molecule has 4 fully saturated rings. The molecule has 4 rings (SSSR count). The third kappa shape index (κ3) is 0.493. The van der Waals surface area contributed by atoms with Gasteiger partial charge in [0.15, 0.2) is 0 Å². The lowest BCUT2D eigenvalue weighted by Gasteiger charge is -2.31. The molecule has 3 atom stereocenters. The van der Waals surface area contributed by atoms with Crippen molar-refractivity contribution in [3.05, 3.63) is 0 Å². The van der Waals surface area contributed by atoms with Crippen LogP contribution in [0.5, 0.6) is 0 Å². The molecule has 0 aromatic carbocycles. The molecule has 0 spiro atoms. The van der Waals surface area contributed by atoms with Crippen LogP contribution >= 0.6 is 22.6 Å². The van der Waals surface area contributed by atoms with Crippen molar-refractivity contribution in [3.8, 4) is 0 Å². The van der Waals surface area contributed by atoms with E-state index in [-0.39, 0.29) is 0 Å². The largest absolute Gasteiger partial charge is 0.0857 e. The summed E-state index contributed by atoms with van der Waals surface area (Å²) in [6.45, 7) is 5.09. The van der Waals surface area contributed by atoms with Crippen LogP contribution in [0.4, 0.5) is 0 Å². The SMILES string of the molecule is CC1(CI)C2CC3C(C2)C31C. The third-order valence-electron chi connectivity index (χ3n) is 5.40. The molecule has 0 aromatic heterocycles. The van der Waals surface area contributed by atoms with E-state index in [0.29, 0.717) is 0 Å². The van der Waals surface area contributed by atoms with Gasteiger partial charge in [-0.15, -0.1) is 0 Å². The zero-order valence-electron chi connectivity index (χ0n) is 7.23. The van der Waals surface area contributed by atoms with E-state index in [1.807, 2.05) is 0 Å². The van der Waals surface area contributed by atoms with Crippen molar-refractivity contribution in [1.29, 1.82) is 0 Å². The molecular formula is C10H15I. The predicted molar refractivity (Wildman–Crippen MR) is 54.8 cm³/mol. The Bertz CT molecular complexity index is 211. The Morgan fingerprint density at radius 2 is 1.82 bits per heavy atom. The summed E-state index contributed by atoms with van der Waals surface area (Å²) in [5.74, 6) is 3.39. The van der Waals surface area contributed by atoms with Crippen molar-refractivity contribution in [2.24, 2.45) is 28.6 Å². The van der Waals surface area contributed by atoms with Gasteiger partial charge in [-0.2, -0.15) is 0 Å². The van der Waals surface area contributed by atoms with Gasteiger partial charge in [-0.05, 0) is 41.4 Å². The molecule has 0 nitrogen and oxygen atoms in total. The smallest absolute Gasteiger partial charge is 0.00574 e. The average molecular weight is 262 g/mol. The summed E-state index contributed by atoms with van der Waals surface area (Å²) in [5, 5.41) is 0. The van der Waals surface area contributed by atoms with Crippen LogP contribution in [0.15, 0.2) is 0 Å². The second-order valence-electron chi connectivity index (χ2n) is 5.22. The van der Waals surface area contributed by atoms with Gasteiger partial charge in [-0.3, -0.25) is 0 Å². The van der Waals surface area contributed by atoms with Gasteiger partial charge in [-0.1, -0.05) is 36.4 Å². The van der Waals surface area contributed by atoms with Crippen LogP contribution in [0.25, 0.3) is 0 Å². The Morgan fingerprint density at radius 3 is 2.00 bits per heavy atom. The lowest BCUT2D eigenvalue weighted by atomic mass is 9.76. The highest BCUT2D eigenvalue weighted by Gasteiger charge is 2.80. The van der Waals surface area contributed by atoms with Gasteiger partial charge in [0, 0.05) is 4.43 Å². The molecule has 4 bridgehead atoms. The maximum absolute atomic E-state index is 2.60. The second kappa shape index (κ2) is 1.66. The fraction of sp³-hybridized carbons (Fsp3) is 1.00. The first-order chi connectivity index (χ1) is 5.14. The first-order valence-electron chi connectivity index (χ1n) is 4.70. The Labute approximate surface area is 82.3 Å². The van der Waals surface area contributed by atoms with Crippen LogP contribution in [-0.4, -0.2) is 4.43 Å². The summed E-state index contributed by atoms with van der Waals surface area (Å²) in [5.41, 5.74) is 1.52. The Morgan fingerprint density at radius 1 is 1.27 bits per heavy atom. The van der Waals surface area contributed by atoms with E-state index in [0.717, 1.165) is 28.6 Å². The molecular weight excluding hydrogens is 247 g/mol. The molecule has 4 aliphatic carbocycles. The van der Waals surface area contributed by atoms with Crippen LogP contribution in [0.2, 0.25) is 0 Å². The van der Waals surface area contributed by atoms with Gasteiger partial charge in [0.25, 0.3) is 0 Å². The van der Waals surface area contributed by atoms with E-state index in [1.54, 1.807) is 12.8 Å². The highest BCUT2D eigenvalue weighted by Crippen LogP contribution is 2.86. The van der Waals surface area contributed by atoms with E-state index in [1.165, 1.54) is 4.43 Å². The van der Waals surface area contributed by atoms with Crippen molar-refractivity contribution < 1.29 is 0 Å². The van der Waals surface area contributed by atoms with Crippen LogP contribution in [0, 0.1) is 28.6 Å². The Kier molecular flexibility index (Phi) is 1.08. The molecule has 0 aliphatic heterocycles. The summed E-state index contributed by atoms with van der Waals surface area (Å²) in [6.07, 6.45) is 3.14. The first kappa shape index (κ1) is 7.16. The lowest BCUT2D eigenvalue weighted by molar-refractivity contribution is 0.212. The van der Waals surface area contributed by atoms with E-state index < -0.39 is 0 Å². The van der Waals surface area contributed by atoms with E-state index in [2.05, 4.69) is 36.4 Å². The zero-order valence-corrected chi connectivity index (χ0v) is 9.39. The molecule has 0 N–H and O–H groups in total. The number of hydrogen-bond acceptors (Lipinski definition) is 0. The van der Waals surface area contributed by atoms with E-state index >= 15 is 0 Å². The van der Waals surface area contributed by atoms with Crippen LogP contribution in [0.1, 0.15) is 26.7 Å². The highest BCUT2D eigenvalue weighted by atomic mass is 127. The molecule has 0 amide bonds. The van der Waals surface area contributed by atoms with Crippen LogP contribution in [-0.2, 0) is 0 Å². The number of rotatable bonds is 1. The van der Waals surface area contributed by atoms with Crippen molar-refractivity contribution >= 4 is 22.6 Å². The fourth-order valence-corrected chi connectivity index (χ4v) is 5.73. The van der Waals surface area contributed by atoms with Gasteiger partial charge in [0.2, 0.25) is 0 Å². The minimum atomic E-state index is 0.725. The molecule has 4 aliphatic rings. The van der Waals surface area contributed by atoms with Crippen LogP contribution < -0.4 is 0 Å².